The molecule has 0 fully saturated rings. The Hall–Kier alpha value is -2.80. The molecule has 0 saturated heterocycles. The van der Waals surface area contributed by atoms with Crippen molar-refractivity contribution < 1.29 is 19.0 Å². The number of rotatable bonds is 6. The summed E-state index contributed by atoms with van der Waals surface area (Å²) in [5.74, 6) is 1.56. The van der Waals surface area contributed by atoms with Crippen LogP contribution in [0.15, 0.2) is 36.4 Å². The Labute approximate surface area is 149 Å². The van der Waals surface area contributed by atoms with E-state index in [0.717, 1.165) is 16.0 Å². The minimum Gasteiger partial charge on any atom is -0.497 e. The molecule has 0 spiro atoms. The van der Waals surface area contributed by atoms with Crippen molar-refractivity contribution in [3.8, 4) is 17.2 Å². The molecule has 1 amide bonds. The fraction of sp³-hybridized carbons (Fsp3) is 0.222. The molecule has 0 aliphatic rings. The van der Waals surface area contributed by atoms with E-state index in [1.807, 2.05) is 25.1 Å². The molecular weight excluding hydrogens is 340 g/mol. The van der Waals surface area contributed by atoms with Crippen molar-refractivity contribution in [2.75, 3.05) is 26.1 Å². The number of fused-ring (bicyclic) bond motifs is 1. The largest absolute Gasteiger partial charge is 0.497 e. The van der Waals surface area contributed by atoms with E-state index < -0.39 is 0 Å². The molecule has 0 saturated carbocycles. The minimum absolute atomic E-state index is 0.288. The Balaban J connectivity index is 1.84. The standard InChI is InChI=1S/C18H18N2O4S/c1-4-24-12-6-8-14-16(10-12)25-18(19-14)20-17(21)13-7-5-11(22-2)9-15(13)23-3/h5-10H,4H2,1-3H3,(H,19,20,21). The first-order valence-electron chi connectivity index (χ1n) is 7.71. The highest BCUT2D eigenvalue weighted by atomic mass is 32.1. The molecule has 0 unspecified atom stereocenters. The third-order valence-corrected chi connectivity index (χ3v) is 4.48. The van der Waals surface area contributed by atoms with Crippen molar-refractivity contribution in [1.82, 2.24) is 4.98 Å². The number of carbonyl (C=O) groups excluding carboxylic acids is 1. The van der Waals surface area contributed by atoms with Crippen molar-refractivity contribution in [3.63, 3.8) is 0 Å². The summed E-state index contributed by atoms with van der Waals surface area (Å²) < 4.78 is 16.9. The maximum absolute atomic E-state index is 12.5. The Morgan fingerprint density at radius 1 is 1.12 bits per heavy atom. The van der Waals surface area contributed by atoms with Gasteiger partial charge in [0.1, 0.15) is 17.2 Å². The van der Waals surface area contributed by atoms with Crippen molar-refractivity contribution in [1.29, 1.82) is 0 Å². The molecule has 3 rings (SSSR count). The zero-order chi connectivity index (χ0) is 17.8. The Morgan fingerprint density at radius 3 is 2.64 bits per heavy atom. The van der Waals surface area contributed by atoms with Gasteiger partial charge in [-0.15, -0.1) is 0 Å². The number of nitrogens with zero attached hydrogens (tertiary/aromatic N) is 1. The maximum Gasteiger partial charge on any atom is 0.261 e. The molecule has 6 nitrogen and oxygen atoms in total. The van der Waals surface area contributed by atoms with E-state index in [-0.39, 0.29) is 5.91 Å². The summed E-state index contributed by atoms with van der Waals surface area (Å²) in [5.41, 5.74) is 1.23. The maximum atomic E-state index is 12.5. The van der Waals surface area contributed by atoms with E-state index in [1.165, 1.54) is 18.4 Å². The van der Waals surface area contributed by atoms with Crippen LogP contribution in [0.25, 0.3) is 10.2 Å². The third-order valence-electron chi connectivity index (χ3n) is 3.54. The molecular formula is C18H18N2O4S. The lowest BCUT2D eigenvalue weighted by Gasteiger charge is -2.09. The molecule has 25 heavy (non-hydrogen) atoms. The molecule has 0 aliphatic carbocycles. The van der Waals surface area contributed by atoms with Crippen LogP contribution < -0.4 is 19.5 Å². The molecule has 3 aromatic rings. The fourth-order valence-electron chi connectivity index (χ4n) is 2.37. The highest BCUT2D eigenvalue weighted by Gasteiger charge is 2.15. The molecule has 0 radical (unpaired) electrons. The Morgan fingerprint density at radius 2 is 1.92 bits per heavy atom. The summed E-state index contributed by atoms with van der Waals surface area (Å²) >= 11 is 1.39. The number of nitrogens with one attached hydrogen (secondary N) is 1. The van der Waals surface area contributed by atoms with Gasteiger partial charge < -0.3 is 14.2 Å². The monoisotopic (exact) mass is 358 g/mol. The van der Waals surface area contributed by atoms with Gasteiger partial charge in [0.15, 0.2) is 5.13 Å². The zero-order valence-electron chi connectivity index (χ0n) is 14.2. The highest BCUT2D eigenvalue weighted by Crippen LogP contribution is 2.31. The fourth-order valence-corrected chi connectivity index (χ4v) is 3.25. The highest BCUT2D eigenvalue weighted by molar-refractivity contribution is 7.22. The van der Waals surface area contributed by atoms with Gasteiger partial charge in [-0.2, -0.15) is 0 Å². The minimum atomic E-state index is -0.288. The molecule has 1 aromatic heterocycles. The molecule has 7 heteroatoms. The van der Waals surface area contributed by atoms with Crippen molar-refractivity contribution >= 4 is 32.6 Å². The second-order valence-corrected chi connectivity index (χ2v) is 6.13. The summed E-state index contributed by atoms with van der Waals surface area (Å²) in [6, 6.07) is 10.7. The van der Waals surface area contributed by atoms with Crippen LogP contribution in [0.5, 0.6) is 17.2 Å². The number of hydrogen-bond acceptors (Lipinski definition) is 6. The number of hydrogen-bond donors (Lipinski definition) is 1. The van der Waals surface area contributed by atoms with Gasteiger partial charge in [-0.1, -0.05) is 11.3 Å². The number of thiazole rings is 1. The van der Waals surface area contributed by atoms with Crippen LogP contribution in [-0.4, -0.2) is 31.7 Å². The second-order valence-electron chi connectivity index (χ2n) is 5.10. The van der Waals surface area contributed by atoms with E-state index in [4.69, 9.17) is 14.2 Å². The molecule has 0 aliphatic heterocycles. The van der Waals surface area contributed by atoms with Crippen LogP contribution in [0.2, 0.25) is 0 Å². The molecule has 1 N–H and O–H groups in total. The Bertz CT molecular complexity index is 907. The first-order valence-corrected chi connectivity index (χ1v) is 8.53. The van der Waals surface area contributed by atoms with Gasteiger partial charge in [-0.25, -0.2) is 4.98 Å². The summed E-state index contributed by atoms with van der Waals surface area (Å²) in [5, 5.41) is 3.34. The molecule has 130 valence electrons. The smallest absolute Gasteiger partial charge is 0.261 e. The van der Waals surface area contributed by atoms with Gasteiger partial charge in [-0.05, 0) is 37.3 Å². The number of ether oxygens (including phenoxy) is 3. The second kappa shape index (κ2) is 7.40. The lowest BCUT2D eigenvalue weighted by Crippen LogP contribution is -2.13. The Kier molecular flexibility index (Phi) is 5.04. The van der Waals surface area contributed by atoms with Crippen molar-refractivity contribution in [3.05, 3.63) is 42.0 Å². The van der Waals surface area contributed by atoms with Gasteiger partial charge in [0.2, 0.25) is 0 Å². The van der Waals surface area contributed by atoms with Crippen LogP contribution in [0, 0.1) is 0 Å². The van der Waals surface area contributed by atoms with Gasteiger partial charge >= 0.3 is 0 Å². The topological polar surface area (TPSA) is 69.7 Å². The van der Waals surface area contributed by atoms with Gasteiger partial charge in [0, 0.05) is 6.07 Å². The normalized spacial score (nSPS) is 10.5. The number of amides is 1. The number of methoxy groups -OCH3 is 2. The van der Waals surface area contributed by atoms with Gasteiger partial charge in [-0.3, -0.25) is 10.1 Å². The number of benzene rings is 2. The van der Waals surface area contributed by atoms with Crippen LogP contribution in [0.3, 0.4) is 0 Å². The zero-order valence-corrected chi connectivity index (χ0v) is 15.0. The average Bonchev–Trinajstić information content (AvgIpc) is 3.02. The SMILES string of the molecule is CCOc1ccc2nc(NC(=O)c3ccc(OC)cc3OC)sc2c1. The summed E-state index contributed by atoms with van der Waals surface area (Å²) in [7, 11) is 3.07. The number of aromatic nitrogens is 1. The van der Waals surface area contributed by atoms with Crippen LogP contribution in [0.4, 0.5) is 5.13 Å². The first-order chi connectivity index (χ1) is 12.1. The van der Waals surface area contributed by atoms with Crippen LogP contribution in [-0.2, 0) is 0 Å². The van der Waals surface area contributed by atoms with Crippen molar-refractivity contribution in [2.24, 2.45) is 0 Å². The average molecular weight is 358 g/mol. The van der Waals surface area contributed by atoms with Crippen LogP contribution in [0.1, 0.15) is 17.3 Å². The lowest BCUT2D eigenvalue weighted by molar-refractivity contribution is 0.102. The predicted octanol–water partition coefficient (Wildman–Crippen LogP) is 3.96. The molecule has 2 aromatic carbocycles. The van der Waals surface area contributed by atoms with E-state index in [1.54, 1.807) is 25.3 Å². The van der Waals surface area contributed by atoms with Crippen LogP contribution >= 0.6 is 11.3 Å². The predicted molar refractivity (Wildman–Crippen MR) is 98.3 cm³/mol. The molecule has 0 bridgehead atoms. The van der Waals surface area contributed by atoms with Gasteiger partial charge in [0.05, 0.1) is 36.6 Å². The lowest BCUT2D eigenvalue weighted by atomic mass is 10.2. The van der Waals surface area contributed by atoms with Crippen molar-refractivity contribution in [2.45, 2.75) is 6.92 Å². The number of anilines is 1. The molecule has 1 heterocycles. The van der Waals surface area contributed by atoms with E-state index in [9.17, 15) is 4.79 Å². The van der Waals surface area contributed by atoms with E-state index in [0.29, 0.717) is 28.8 Å². The summed E-state index contributed by atoms with van der Waals surface area (Å²) in [6.45, 7) is 2.54. The van der Waals surface area contributed by atoms with E-state index >= 15 is 0 Å². The summed E-state index contributed by atoms with van der Waals surface area (Å²) in [4.78, 5) is 17.0. The number of carbonyl (C=O) groups is 1. The molecule has 0 atom stereocenters. The summed E-state index contributed by atoms with van der Waals surface area (Å²) in [6.07, 6.45) is 0. The van der Waals surface area contributed by atoms with E-state index in [2.05, 4.69) is 10.3 Å². The van der Waals surface area contributed by atoms with Gasteiger partial charge in [0.25, 0.3) is 5.91 Å². The quantitative estimate of drug-likeness (QED) is 0.722. The first kappa shape index (κ1) is 17.0. The third kappa shape index (κ3) is 3.66.